The lowest BCUT2D eigenvalue weighted by Crippen LogP contribution is -2.36. The summed E-state index contributed by atoms with van der Waals surface area (Å²) in [7, 11) is 1.64. The molecule has 0 amide bonds. The Labute approximate surface area is 127 Å². The highest BCUT2D eigenvalue weighted by Crippen LogP contribution is 2.27. The van der Waals surface area contributed by atoms with Gasteiger partial charge in [0.15, 0.2) is 0 Å². The van der Waals surface area contributed by atoms with Crippen LogP contribution < -0.4 is 10.1 Å². The molecule has 5 heteroatoms. The van der Waals surface area contributed by atoms with Crippen LogP contribution in [0.4, 0.5) is 0 Å². The third-order valence-corrected chi connectivity index (χ3v) is 4.45. The molecule has 1 aliphatic carbocycles. The van der Waals surface area contributed by atoms with Crippen LogP contribution >= 0.6 is 15.9 Å². The lowest BCUT2D eigenvalue weighted by atomic mass is 9.86. The molecular weight excluding hydrogens is 322 g/mol. The average molecular weight is 342 g/mol. The molecule has 0 aromatic heterocycles. The Balaban J connectivity index is 1.88. The highest BCUT2D eigenvalue weighted by molar-refractivity contribution is 9.10. The van der Waals surface area contributed by atoms with Crippen LogP contribution in [0.25, 0.3) is 0 Å². The molecule has 1 aromatic rings. The lowest BCUT2D eigenvalue weighted by Gasteiger charge is -2.27. The molecule has 110 valence electrons. The van der Waals surface area contributed by atoms with Crippen molar-refractivity contribution < 1.29 is 14.6 Å². The van der Waals surface area contributed by atoms with E-state index in [-0.39, 0.29) is 5.92 Å². The molecule has 0 radical (unpaired) electrons. The maximum absolute atomic E-state index is 11.0. The largest absolute Gasteiger partial charge is 0.496 e. The maximum Gasteiger partial charge on any atom is 0.306 e. The second-order valence-electron chi connectivity index (χ2n) is 5.25. The Bertz CT molecular complexity index is 478. The molecule has 1 aliphatic rings. The predicted octanol–water partition coefficient (Wildman–Crippen LogP) is 3.19. The molecule has 2 atom stereocenters. The first-order valence-corrected chi connectivity index (χ1v) is 7.68. The third-order valence-electron chi connectivity index (χ3n) is 3.83. The first kappa shape index (κ1) is 15.3. The topological polar surface area (TPSA) is 58.6 Å². The van der Waals surface area contributed by atoms with Crippen LogP contribution in [-0.4, -0.2) is 24.2 Å². The molecule has 2 N–H and O–H groups in total. The smallest absolute Gasteiger partial charge is 0.306 e. The molecular formula is C15H20BrNO3. The van der Waals surface area contributed by atoms with Gasteiger partial charge in [0.05, 0.1) is 17.5 Å². The van der Waals surface area contributed by atoms with E-state index in [0.29, 0.717) is 6.04 Å². The Morgan fingerprint density at radius 1 is 1.50 bits per heavy atom. The van der Waals surface area contributed by atoms with Gasteiger partial charge in [0.25, 0.3) is 0 Å². The number of benzene rings is 1. The van der Waals surface area contributed by atoms with Gasteiger partial charge in [-0.25, -0.2) is 0 Å². The minimum atomic E-state index is -0.663. The van der Waals surface area contributed by atoms with E-state index in [1.54, 1.807) is 7.11 Å². The van der Waals surface area contributed by atoms with Crippen LogP contribution in [0.3, 0.4) is 0 Å². The van der Waals surface area contributed by atoms with Crippen molar-refractivity contribution in [3.63, 3.8) is 0 Å². The van der Waals surface area contributed by atoms with Gasteiger partial charge in [0.1, 0.15) is 5.75 Å². The molecule has 20 heavy (non-hydrogen) atoms. The molecule has 1 aromatic carbocycles. The second-order valence-corrected chi connectivity index (χ2v) is 6.10. The van der Waals surface area contributed by atoms with Crippen molar-refractivity contribution in [1.29, 1.82) is 0 Å². The first-order chi connectivity index (χ1) is 9.60. The number of methoxy groups -OCH3 is 1. The van der Waals surface area contributed by atoms with E-state index in [1.807, 2.05) is 18.2 Å². The molecule has 1 fully saturated rings. The molecule has 0 saturated heterocycles. The number of ether oxygens (including phenoxy) is 1. The van der Waals surface area contributed by atoms with Crippen molar-refractivity contribution in [2.24, 2.45) is 5.92 Å². The molecule has 0 heterocycles. The summed E-state index contributed by atoms with van der Waals surface area (Å²) in [6.07, 6.45) is 3.58. The molecule has 0 bridgehead atoms. The monoisotopic (exact) mass is 341 g/mol. The van der Waals surface area contributed by atoms with E-state index in [1.165, 1.54) is 0 Å². The molecule has 0 aliphatic heterocycles. The number of rotatable bonds is 5. The van der Waals surface area contributed by atoms with E-state index < -0.39 is 5.97 Å². The lowest BCUT2D eigenvalue weighted by molar-refractivity contribution is -0.143. The van der Waals surface area contributed by atoms with E-state index in [2.05, 4.69) is 21.2 Å². The van der Waals surface area contributed by atoms with Gasteiger partial charge >= 0.3 is 5.97 Å². The quantitative estimate of drug-likeness (QED) is 0.863. The highest BCUT2D eigenvalue weighted by atomic mass is 79.9. The fourth-order valence-electron chi connectivity index (χ4n) is 2.68. The zero-order chi connectivity index (χ0) is 14.5. The van der Waals surface area contributed by atoms with Crippen LogP contribution in [0.1, 0.15) is 31.2 Å². The van der Waals surface area contributed by atoms with Gasteiger partial charge in [-0.15, -0.1) is 0 Å². The van der Waals surface area contributed by atoms with Gasteiger partial charge in [-0.05, 0) is 52.9 Å². The van der Waals surface area contributed by atoms with Crippen molar-refractivity contribution in [2.75, 3.05) is 7.11 Å². The van der Waals surface area contributed by atoms with Gasteiger partial charge in [-0.1, -0.05) is 12.5 Å². The van der Waals surface area contributed by atoms with Crippen LogP contribution in [-0.2, 0) is 11.3 Å². The number of carbonyl (C=O) groups is 1. The van der Waals surface area contributed by atoms with Crippen molar-refractivity contribution >= 4 is 21.9 Å². The number of carboxylic acid groups (broad SMARTS) is 1. The summed E-state index contributed by atoms with van der Waals surface area (Å²) < 4.78 is 6.14. The number of carboxylic acids is 1. The Hall–Kier alpha value is -1.07. The van der Waals surface area contributed by atoms with E-state index in [0.717, 1.165) is 48.0 Å². The zero-order valence-corrected chi connectivity index (χ0v) is 13.1. The van der Waals surface area contributed by atoms with Gasteiger partial charge < -0.3 is 15.2 Å². The minimum absolute atomic E-state index is 0.191. The summed E-state index contributed by atoms with van der Waals surface area (Å²) in [5.41, 5.74) is 1.16. The Morgan fingerprint density at radius 2 is 2.30 bits per heavy atom. The molecule has 4 nitrogen and oxygen atoms in total. The molecule has 1 saturated carbocycles. The second kappa shape index (κ2) is 7.09. The fraction of sp³-hybridized carbons (Fsp3) is 0.533. The number of hydrogen-bond donors (Lipinski definition) is 2. The Morgan fingerprint density at radius 3 is 2.95 bits per heavy atom. The summed E-state index contributed by atoms with van der Waals surface area (Å²) in [6.45, 7) is 0.750. The number of hydrogen-bond acceptors (Lipinski definition) is 3. The average Bonchev–Trinajstić information content (AvgIpc) is 2.45. The number of nitrogens with one attached hydrogen (secondary N) is 1. The van der Waals surface area contributed by atoms with Crippen LogP contribution in [0.5, 0.6) is 5.75 Å². The number of halogens is 1. The number of aliphatic carboxylic acids is 1. The minimum Gasteiger partial charge on any atom is -0.496 e. The van der Waals surface area contributed by atoms with Crippen molar-refractivity contribution in [3.05, 3.63) is 28.2 Å². The van der Waals surface area contributed by atoms with Crippen LogP contribution in [0.15, 0.2) is 22.7 Å². The van der Waals surface area contributed by atoms with Crippen LogP contribution in [0, 0.1) is 5.92 Å². The fourth-order valence-corrected chi connectivity index (χ4v) is 3.27. The van der Waals surface area contributed by atoms with Gasteiger partial charge in [-0.2, -0.15) is 0 Å². The zero-order valence-electron chi connectivity index (χ0n) is 11.6. The van der Waals surface area contributed by atoms with E-state index >= 15 is 0 Å². The standard InChI is InChI=1S/C15H20BrNO3/c1-20-14-6-5-10(7-13(14)16)9-17-12-4-2-3-11(8-12)15(18)19/h5-7,11-12,17H,2-4,8-9H2,1H3,(H,18,19). The summed E-state index contributed by atoms with van der Waals surface area (Å²) in [6, 6.07) is 6.28. The Kier molecular flexibility index (Phi) is 5.43. The maximum atomic E-state index is 11.0. The molecule has 0 spiro atoms. The summed E-state index contributed by atoms with van der Waals surface area (Å²) in [5.74, 6) is -0.0371. The van der Waals surface area contributed by atoms with Gasteiger partial charge in [0, 0.05) is 12.6 Å². The van der Waals surface area contributed by atoms with Gasteiger partial charge in [-0.3, -0.25) is 4.79 Å². The highest BCUT2D eigenvalue weighted by Gasteiger charge is 2.26. The SMILES string of the molecule is COc1ccc(CNC2CCCC(C(=O)O)C2)cc1Br. The molecule has 2 rings (SSSR count). The summed E-state index contributed by atoms with van der Waals surface area (Å²) >= 11 is 3.47. The van der Waals surface area contributed by atoms with Crippen LogP contribution in [0.2, 0.25) is 0 Å². The normalized spacial score (nSPS) is 22.5. The van der Waals surface area contributed by atoms with Gasteiger partial charge in [0.2, 0.25) is 0 Å². The molecule has 2 unspecified atom stereocenters. The predicted molar refractivity (Wildman–Crippen MR) is 80.9 cm³/mol. The van der Waals surface area contributed by atoms with Crippen molar-refractivity contribution in [2.45, 2.75) is 38.3 Å². The van der Waals surface area contributed by atoms with E-state index in [9.17, 15) is 4.79 Å². The van der Waals surface area contributed by atoms with E-state index in [4.69, 9.17) is 9.84 Å². The summed E-state index contributed by atoms with van der Waals surface area (Å²) in [5, 5.41) is 12.5. The van der Waals surface area contributed by atoms with Crippen molar-refractivity contribution in [3.8, 4) is 5.75 Å². The first-order valence-electron chi connectivity index (χ1n) is 6.88. The summed E-state index contributed by atoms with van der Waals surface area (Å²) in [4.78, 5) is 11.0. The third kappa shape index (κ3) is 3.96. The van der Waals surface area contributed by atoms with Crippen molar-refractivity contribution in [1.82, 2.24) is 5.32 Å².